The Morgan fingerprint density at radius 2 is 2.27 bits per heavy atom. The van der Waals surface area contributed by atoms with E-state index < -0.39 is 23.1 Å². The van der Waals surface area contributed by atoms with Gasteiger partial charge in [-0.25, -0.2) is 4.98 Å². The van der Waals surface area contributed by atoms with E-state index in [4.69, 9.17) is 0 Å². The van der Waals surface area contributed by atoms with Crippen LogP contribution in [0.25, 0.3) is 0 Å². The number of aromatic nitrogens is 1. The Hall–Kier alpha value is -1.29. The first kappa shape index (κ1) is 17.1. The van der Waals surface area contributed by atoms with E-state index in [1.807, 2.05) is 0 Å². The van der Waals surface area contributed by atoms with Crippen LogP contribution < -0.4 is 5.32 Å². The Morgan fingerprint density at radius 1 is 1.50 bits per heavy atom. The Labute approximate surface area is 133 Å². The van der Waals surface area contributed by atoms with E-state index in [1.165, 1.54) is 16.2 Å². The second kappa shape index (κ2) is 7.32. The van der Waals surface area contributed by atoms with E-state index in [-0.39, 0.29) is 24.2 Å². The lowest BCUT2D eigenvalue weighted by Crippen LogP contribution is -2.44. The van der Waals surface area contributed by atoms with Crippen molar-refractivity contribution in [3.8, 4) is 0 Å². The maximum Gasteiger partial charge on any atom is 0.442 e. The van der Waals surface area contributed by atoms with E-state index in [2.05, 4.69) is 10.3 Å². The first-order chi connectivity index (χ1) is 10.3. The van der Waals surface area contributed by atoms with Gasteiger partial charge in [-0.1, -0.05) is 0 Å². The molecule has 0 aliphatic carbocycles. The summed E-state index contributed by atoms with van der Waals surface area (Å²) in [7, 11) is 0. The quantitative estimate of drug-likeness (QED) is 0.904. The molecule has 2 amide bonds. The topological polar surface area (TPSA) is 62.3 Å². The van der Waals surface area contributed by atoms with Crippen LogP contribution in [0, 0.1) is 5.92 Å². The minimum absolute atomic E-state index is 0.147. The molecule has 122 valence electrons. The second-order valence-electron chi connectivity index (χ2n) is 4.74. The van der Waals surface area contributed by atoms with Crippen molar-refractivity contribution in [1.82, 2.24) is 9.88 Å². The highest BCUT2D eigenvalue weighted by molar-refractivity contribution is 8.00. The molecule has 5 nitrogen and oxygen atoms in total. The van der Waals surface area contributed by atoms with E-state index in [1.54, 1.807) is 11.6 Å². The highest BCUT2D eigenvalue weighted by Gasteiger charge is 2.33. The zero-order valence-electron chi connectivity index (χ0n) is 11.4. The van der Waals surface area contributed by atoms with Crippen LogP contribution in [0.15, 0.2) is 11.6 Å². The third-order valence-electron chi connectivity index (χ3n) is 3.17. The molecular formula is C12H14F3N3O2S2. The third-order valence-corrected chi connectivity index (χ3v) is 4.57. The first-order valence-electron chi connectivity index (χ1n) is 6.54. The average Bonchev–Trinajstić information content (AvgIpc) is 2.97. The molecule has 1 saturated heterocycles. The number of hydrogen-bond acceptors (Lipinski definition) is 5. The zero-order valence-corrected chi connectivity index (χ0v) is 13.1. The van der Waals surface area contributed by atoms with Crippen LogP contribution in [0.4, 0.5) is 18.3 Å². The number of amides is 2. The molecule has 1 aliphatic heterocycles. The molecule has 22 heavy (non-hydrogen) atoms. The number of likely N-dealkylation sites (tertiary alicyclic amines) is 1. The standard InChI is InChI=1S/C12H14F3N3O2S2/c13-12(14,15)22-7-9(19)18-4-1-2-8(6-18)10(20)17-11-16-3-5-21-11/h3,5,8H,1-2,4,6-7H2,(H,16,17,20)/t8-/m0/s1. The predicted molar refractivity (Wildman–Crippen MR) is 78.6 cm³/mol. The molecule has 0 aromatic carbocycles. The van der Waals surface area contributed by atoms with Gasteiger partial charge in [0.2, 0.25) is 11.8 Å². The minimum Gasteiger partial charge on any atom is -0.341 e. The summed E-state index contributed by atoms with van der Waals surface area (Å²) in [4.78, 5) is 29.1. The van der Waals surface area contributed by atoms with Gasteiger partial charge >= 0.3 is 5.51 Å². The number of nitrogens with zero attached hydrogens (tertiary/aromatic N) is 2. The number of anilines is 1. The normalized spacial score (nSPS) is 19.0. The van der Waals surface area contributed by atoms with Crippen LogP contribution in [-0.4, -0.2) is 46.0 Å². The molecule has 1 N–H and O–H groups in total. The van der Waals surface area contributed by atoms with Crippen molar-refractivity contribution in [2.45, 2.75) is 18.3 Å². The monoisotopic (exact) mass is 353 g/mol. The van der Waals surface area contributed by atoms with E-state index in [0.29, 0.717) is 24.5 Å². The van der Waals surface area contributed by atoms with Crippen LogP contribution >= 0.6 is 23.1 Å². The van der Waals surface area contributed by atoms with Crippen molar-refractivity contribution in [2.24, 2.45) is 5.92 Å². The van der Waals surface area contributed by atoms with Crippen molar-refractivity contribution >= 4 is 40.0 Å². The molecule has 1 atom stereocenters. The second-order valence-corrected chi connectivity index (χ2v) is 6.67. The lowest BCUT2D eigenvalue weighted by Gasteiger charge is -2.31. The van der Waals surface area contributed by atoms with Crippen LogP contribution in [0.3, 0.4) is 0 Å². The van der Waals surface area contributed by atoms with Gasteiger partial charge in [-0.05, 0) is 24.6 Å². The molecule has 2 rings (SSSR count). The van der Waals surface area contributed by atoms with Gasteiger partial charge in [0.15, 0.2) is 5.13 Å². The van der Waals surface area contributed by atoms with Gasteiger partial charge in [0.25, 0.3) is 0 Å². The van der Waals surface area contributed by atoms with Gasteiger partial charge in [-0.3, -0.25) is 9.59 Å². The number of thiazole rings is 1. The van der Waals surface area contributed by atoms with Crippen molar-refractivity contribution < 1.29 is 22.8 Å². The number of carbonyl (C=O) groups is 2. The fourth-order valence-corrected chi connectivity index (χ4v) is 3.15. The summed E-state index contributed by atoms with van der Waals surface area (Å²) >= 11 is 0.930. The average molecular weight is 353 g/mol. The summed E-state index contributed by atoms with van der Waals surface area (Å²) in [6.07, 6.45) is 2.76. The smallest absolute Gasteiger partial charge is 0.341 e. The zero-order chi connectivity index (χ0) is 16.2. The number of piperidine rings is 1. The largest absolute Gasteiger partial charge is 0.442 e. The van der Waals surface area contributed by atoms with Crippen LogP contribution in [0.1, 0.15) is 12.8 Å². The molecular weight excluding hydrogens is 339 g/mol. The Morgan fingerprint density at radius 3 is 2.91 bits per heavy atom. The van der Waals surface area contributed by atoms with E-state index >= 15 is 0 Å². The number of thioether (sulfide) groups is 1. The highest BCUT2D eigenvalue weighted by Crippen LogP contribution is 2.30. The molecule has 1 fully saturated rings. The summed E-state index contributed by atoms with van der Waals surface area (Å²) in [6, 6.07) is 0. The lowest BCUT2D eigenvalue weighted by atomic mass is 9.97. The van der Waals surface area contributed by atoms with Crippen molar-refractivity contribution in [1.29, 1.82) is 0 Å². The van der Waals surface area contributed by atoms with Crippen molar-refractivity contribution in [3.05, 3.63) is 11.6 Å². The minimum atomic E-state index is -4.42. The maximum absolute atomic E-state index is 12.1. The lowest BCUT2D eigenvalue weighted by molar-refractivity contribution is -0.132. The van der Waals surface area contributed by atoms with Gasteiger partial charge < -0.3 is 10.2 Å². The van der Waals surface area contributed by atoms with Gasteiger partial charge in [-0.2, -0.15) is 13.2 Å². The van der Waals surface area contributed by atoms with Gasteiger partial charge in [-0.15, -0.1) is 11.3 Å². The molecule has 1 aromatic heterocycles. The molecule has 0 radical (unpaired) electrons. The van der Waals surface area contributed by atoms with Crippen LogP contribution in [0.2, 0.25) is 0 Å². The first-order valence-corrected chi connectivity index (χ1v) is 8.40. The Kier molecular flexibility index (Phi) is 5.68. The third kappa shape index (κ3) is 5.16. The summed E-state index contributed by atoms with van der Waals surface area (Å²) < 4.78 is 36.4. The van der Waals surface area contributed by atoms with E-state index in [0.717, 1.165) is 0 Å². The van der Waals surface area contributed by atoms with Gasteiger partial charge in [0.05, 0.1) is 11.7 Å². The van der Waals surface area contributed by atoms with Gasteiger partial charge in [0, 0.05) is 24.7 Å². The van der Waals surface area contributed by atoms with Crippen molar-refractivity contribution in [3.63, 3.8) is 0 Å². The number of carbonyl (C=O) groups excluding carboxylic acids is 2. The summed E-state index contributed by atoms with van der Waals surface area (Å²) in [5.74, 6) is -1.91. The molecule has 2 heterocycles. The molecule has 1 aliphatic rings. The number of hydrogen-bond donors (Lipinski definition) is 1. The fraction of sp³-hybridized carbons (Fsp3) is 0.583. The predicted octanol–water partition coefficient (Wildman–Crippen LogP) is 2.57. The summed E-state index contributed by atoms with van der Waals surface area (Å²) in [5.41, 5.74) is -4.42. The molecule has 0 bridgehead atoms. The molecule has 0 unspecified atom stereocenters. The molecule has 1 aromatic rings. The number of rotatable bonds is 4. The molecule has 0 spiro atoms. The Bertz CT molecular complexity index is 522. The highest BCUT2D eigenvalue weighted by atomic mass is 32.2. The van der Waals surface area contributed by atoms with Crippen molar-refractivity contribution in [2.75, 3.05) is 24.2 Å². The van der Waals surface area contributed by atoms with Crippen LogP contribution in [0.5, 0.6) is 0 Å². The number of alkyl halides is 3. The SMILES string of the molecule is O=C(Nc1nccs1)[C@H]1CCCN(C(=O)CSC(F)(F)F)C1. The number of nitrogens with one attached hydrogen (secondary N) is 1. The Balaban J connectivity index is 1.85. The maximum atomic E-state index is 12.1. The fourth-order valence-electron chi connectivity index (χ4n) is 2.15. The van der Waals surface area contributed by atoms with E-state index in [9.17, 15) is 22.8 Å². The molecule has 10 heteroatoms. The van der Waals surface area contributed by atoms with Crippen LogP contribution in [-0.2, 0) is 9.59 Å². The van der Waals surface area contributed by atoms with Gasteiger partial charge in [0.1, 0.15) is 0 Å². The summed E-state index contributed by atoms with van der Waals surface area (Å²) in [6.45, 7) is 0.534. The number of halogens is 3. The molecule has 0 saturated carbocycles. The summed E-state index contributed by atoms with van der Waals surface area (Å²) in [5, 5.41) is 4.85.